The maximum Gasteiger partial charge on any atom is 0.123 e. The van der Waals surface area contributed by atoms with Crippen molar-refractivity contribution in [3.05, 3.63) is 36.4 Å². The second-order valence-electron chi connectivity index (χ2n) is 3.60. The van der Waals surface area contributed by atoms with Gasteiger partial charge in [-0.1, -0.05) is 63.1 Å². The number of hydrogen-bond acceptors (Lipinski definition) is 1. The van der Waals surface area contributed by atoms with Crippen molar-refractivity contribution >= 4 is 6.29 Å². The summed E-state index contributed by atoms with van der Waals surface area (Å²) < 4.78 is 0. The standard InChI is InChI=1S/C8H16O.C6H6/c1-3-5-6-8(4-2)7-9;1-2-4-6-5-3-1/h7-8H,3-6H2,1-2H3;1-6H. The molecule has 0 amide bonds. The van der Waals surface area contributed by atoms with Gasteiger partial charge in [0.25, 0.3) is 0 Å². The molecule has 1 atom stereocenters. The van der Waals surface area contributed by atoms with Crippen molar-refractivity contribution in [3.8, 4) is 0 Å². The molecule has 84 valence electrons. The van der Waals surface area contributed by atoms with E-state index in [1.165, 1.54) is 12.8 Å². The third-order valence-corrected chi connectivity index (χ3v) is 2.31. The number of carbonyl (C=O) groups is 1. The van der Waals surface area contributed by atoms with Crippen LogP contribution in [0.25, 0.3) is 0 Å². The van der Waals surface area contributed by atoms with Gasteiger partial charge in [0.05, 0.1) is 0 Å². The lowest BCUT2D eigenvalue weighted by atomic mass is 10.0. The molecule has 1 aromatic carbocycles. The molecule has 1 aromatic rings. The molecular formula is C14H22O. The fourth-order valence-corrected chi connectivity index (χ4v) is 1.22. The molecule has 0 aliphatic heterocycles. The van der Waals surface area contributed by atoms with E-state index in [4.69, 9.17) is 0 Å². The van der Waals surface area contributed by atoms with Gasteiger partial charge < -0.3 is 4.79 Å². The van der Waals surface area contributed by atoms with Gasteiger partial charge >= 0.3 is 0 Å². The van der Waals surface area contributed by atoms with Gasteiger partial charge in [0, 0.05) is 5.92 Å². The smallest absolute Gasteiger partial charge is 0.123 e. The maximum atomic E-state index is 10.2. The van der Waals surface area contributed by atoms with Crippen molar-refractivity contribution in [1.82, 2.24) is 0 Å². The molecule has 1 heteroatoms. The van der Waals surface area contributed by atoms with Gasteiger partial charge in [0.15, 0.2) is 0 Å². The second-order valence-corrected chi connectivity index (χ2v) is 3.60. The largest absolute Gasteiger partial charge is 0.303 e. The highest BCUT2D eigenvalue weighted by Gasteiger charge is 2.01. The Kier molecular flexibility index (Phi) is 10.2. The van der Waals surface area contributed by atoms with Gasteiger partial charge in [-0.3, -0.25) is 0 Å². The van der Waals surface area contributed by atoms with E-state index in [1.54, 1.807) is 0 Å². The van der Waals surface area contributed by atoms with E-state index >= 15 is 0 Å². The van der Waals surface area contributed by atoms with Gasteiger partial charge in [-0.05, 0) is 12.8 Å². The summed E-state index contributed by atoms with van der Waals surface area (Å²) >= 11 is 0. The second kappa shape index (κ2) is 11.0. The molecule has 0 saturated carbocycles. The monoisotopic (exact) mass is 206 g/mol. The van der Waals surface area contributed by atoms with Crippen molar-refractivity contribution in [2.24, 2.45) is 5.92 Å². The highest BCUT2D eigenvalue weighted by molar-refractivity contribution is 5.53. The fraction of sp³-hybridized carbons (Fsp3) is 0.500. The molecule has 0 radical (unpaired) electrons. The minimum absolute atomic E-state index is 0.324. The number of carbonyl (C=O) groups excluding carboxylic acids is 1. The summed E-state index contributed by atoms with van der Waals surface area (Å²) in [5.74, 6) is 0.324. The van der Waals surface area contributed by atoms with E-state index in [0.29, 0.717) is 5.92 Å². The van der Waals surface area contributed by atoms with Gasteiger partial charge in [-0.2, -0.15) is 0 Å². The number of hydrogen-bond donors (Lipinski definition) is 0. The van der Waals surface area contributed by atoms with Crippen LogP contribution >= 0.6 is 0 Å². The molecule has 0 fully saturated rings. The summed E-state index contributed by atoms with van der Waals surface area (Å²) in [5.41, 5.74) is 0. The zero-order chi connectivity index (χ0) is 11.4. The van der Waals surface area contributed by atoms with E-state index in [1.807, 2.05) is 36.4 Å². The van der Waals surface area contributed by atoms with E-state index in [0.717, 1.165) is 19.1 Å². The average molecular weight is 206 g/mol. The molecule has 0 aliphatic carbocycles. The molecular weight excluding hydrogens is 184 g/mol. The predicted molar refractivity (Wildman–Crippen MR) is 65.8 cm³/mol. The first-order valence-electron chi connectivity index (χ1n) is 5.80. The zero-order valence-electron chi connectivity index (χ0n) is 9.86. The minimum Gasteiger partial charge on any atom is -0.303 e. The molecule has 0 aliphatic rings. The van der Waals surface area contributed by atoms with E-state index in [2.05, 4.69) is 13.8 Å². The van der Waals surface area contributed by atoms with Crippen LogP contribution in [0.5, 0.6) is 0 Å². The van der Waals surface area contributed by atoms with Crippen LogP contribution in [0.4, 0.5) is 0 Å². The first-order valence-corrected chi connectivity index (χ1v) is 5.80. The molecule has 0 saturated heterocycles. The van der Waals surface area contributed by atoms with Gasteiger partial charge in [-0.25, -0.2) is 0 Å². The van der Waals surface area contributed by atoms with Crippen molar-refractivity contribution in [2.45, 2.75) is 39.5 Å². The molecule has 0 aromatic heterocycles. The molecule has 1 unspecified atom stereocenters. The van der Waals surface area contributed by atoms with Crippen LogP contribution in [0.3, 0.4) is 0 Å². The lowest BCUT2D eigenvalue weighted by molar-refractivity contribution is -0.111. The molecule has 0 bridgehead atoms. The quantitative estimate of drug-likeness (QED) is 0.663. The lowest BCUT2D eigenvalue weighted by Crippen LogP contribution is -1.98. The van der Waals surface area contributed by atoms with Crippen LogP contribution in [0.2, 0.25) is 0 Å². The Hall–Kier alpha value is -1.11. The Balaban J connectivity index is 0.000000280. The summed E-state index contributed by atoms with van der Waals surface area (Å²) in [6.07, 6.45) is 5.55. The molecule has 0 heterocycles. The molecule has 1 nitrogen and oxygen atoms in total. The average Bonchev–Trinajstić information content (AvgIpc) is 2.34. The van der Waals surface area contributed by atoms with Crippen molar-refractivity contribution in [3.63, 3.8) is 0 Å². The summed E-state index contributed by atoms with van der Waals surface area (Å²) in [5, 5.41) is 0. The normalized spacial score (nSPS) is 11.1. The van der Waals surface area contributed by atoms with Crippen LogP contribution in [0.1, 0.15) is 39.5 Å². The summed E-state index contributed by atoms with van der Waals surface area (Å²) in [6.45, 7) is 4.21. The SMILES string of the molecule is CCCCC(C=O)CC.c1ccccc1. The Labute approximate surface area is 93.5 Å². The number of aldehydes is 1. The number of benzene rings is 1. The Morgan fingerprint density at radius 2 is 1.47 bits per heavy atom. The van der Waals surface area contributed by atoms with E-state index in [9.17, 15) is 4.79 Å². The Morgan fingerprint density at radius 3 is 1.73 bits per heavy atom. The van der Waals surface area contributed by atoms with Gasteiger partial charge in [-0.15, -0.1) is 0 Å². The third kappa shape index (κ3) is 9.20. The first-order chi connectivity index (χ1) is 7.35. The highest BCUT2D eigenvalue weighted by Crippen LogP contribution is 2.08. The third-order valence-electron chi connectivity index (χ3n) is 2.31. The van der Waals surface area contributed by atoms with Gasteiger partial charge in [0.2, 0.25) is 0 Å². The lowest BCUT2D eigenvalue weighted by Gasteiger charge is -2.03. The Morgan fingerprint density at radius 1 is 1.00 bits per heavy atom. The minimum atomic E-state index is 0.324. The van der Waals surface area contributed by atoms with Crippen LogP contribution in [-0.2, 0) is 4.79 Å². The molecule has 15 heavy (non-hydrogen) atoms. The highest BCUT2D eigenvalue weighted by atomic mass is 16.1. The summed E-state index contributed by atoms with van der Waals surface area (Å²) in [4.78, 5) is 10.2. The van der Waals surface area contributed by atoms with Crippen LogP contribution < -0.4 is 0 Å². The fourth-order valence-electron chi connectivity index (χ4n) is 1.22. The maximum absolute atomic E-state index is 10.2. The predicted octanol–water partition coefficient (Wildman–Crippen LogP) is 4.09. The Bertz CT molecular complexity index is 191. The number of rotatable bonds is 5. The van der Waals surface area contributed by atoms with Crippen molar-refractivity contribution < 1.29 is 4.79 Å². The van der Waals surface area contributed by atoms with Gasteiger partial charge in [0.1, 0.15) is 6.29 Å². The molecule has 0 spiro atoms. The number of unbranched alkanes of at least 4 members (excludes halogenated alkanes) is 1. The topological polar surface area (TPSA) is 17.1 Å². The molecule has 0 N–H and O–H groups in total. The van der Waals surface area contributed by atoms with Crippen molar-refractivity contribution in [1.29, 1.82) is 0 Å². The molecule has 1 rings (SSSR count). The first kappa shape index (κ1) is 13.9. The van der Waals surface area contributed by atoms with E-state index in [-0.39, 0.29) is 0 Å². The van der Waals surface area contributed by atoms with Crippen LogP contribution in [0.15, 0.2) is 36.4 Å². The van der Waals surface area contributed by atoms with Crippen LogP contribution in [-0.4, -0.2) is 6.29 Å². The summed E-state index contributed by atoms with van der Waals surface area (Å²) in [6, 6.07) is 12.0. The zero-order valence-corrected chi connectivity index (χ0v) is 9.86. The summed E-state index contributed by atoms with van der Waals surface area (Å²) in [7, 11) is 0. The van der Waals surface area contributed by atoms with Crippen molar-refractivity contribution in [2.75, 3.05) is 0 Å². The van der Waals surface area contributed by atoms with Crippen LogP contribution in [0, 0.1) is 5.92 Å². The van der Waals surface area contributed by atoms with E-state index < -0.39 is 0 Å².